The van der Waals surface area contributed by atoms with E-state index in [1.807, 2.05) is 48.8 Å². The van der Waals surface area contributed by atoms with Crippen molar-refractivity contribution >= 4 is 5.97 Å². The van der Waals surface area contributed by atoms with Crippen LogP contribution in [0.1, 0.15) is 90.5 Å². The van der Waals surface area contributed by atoms with Crippen molar-refractivity contribution in [1.82, 2.24) is 9.97 Å². The number of alkyl halides is 1. The Morgan fingerprint density at radius 3 is 1.95 bits per heavy atom. The minimum Gasteiger partial charge on any atom is -0.490 e. The van der Waals surface area contributed by atoms with Gasteiger partial charge in [-0.3, -0.25) is 4.79 Å². The Kier molecular flexibility index (Phi) is 13.6. The number of hydrogen-bond donors (Lipinski definition) is 0. The quantitative estimate of drug-likeness (QED) is 0.117. The molecule has 5 nitrogen and oxygen atoms in total. The summed E-state index contributed by atoms with van der Waals surface area (Å²) in [5.74, 6) is 0.881. The number of ether oxygens (including phenoxy) is 2. The van der Waals surface area contributed by atoms with Gasteiger partial charge < -0.3 is 9.47 Å². The lowest BCUT2D eigenvalue weighted by atomic mass is 10.0. The monoisotopic (exact) mass is 548 g/mol. The molecule has 2 atom stereocenters. The van der Waals surface area contributed by atoms with Gasteiger partial charge in [-0.15, -0.1) is 0 Å². The zero-order valence-corrected chi connectivity index (χ0v) is 24.4. The van der Waals surface area contributed by atoms with Crippen LogP contribution >= 0.6 is 0 Å². The van der Waals surface area contributed by atoms with E-state index in [0.29, 0.717) is 12.2 Å². The minimum atomic E-state index is -1.16. The van der Waals surface area contributed by atoms with E-state index in [0.717, 1.165) is 28.9 Å². The molecule has 0 radical (unpaired) electrons. The lowest BCUT2D eigenvalue weighted by Crippen LogP contribution is -2.23. The molecule has 0 spiro atoms. The van der Waals surface area contributed by atoms with Crippen molar-refractivity contribution in [3.8, 4) is 28.3 Å². The molecule has 0 N–H and O–H groups in total. The number of carbonyl (C=O) groups excluding carboxylic acids is 1. The summed E-state index contributed by atoms with van der Waals surface area (Å²) in [6, 6.07) is 16.0. The molecule has 0 amide bonds. The van der Waals surface area contributed by atoms with Gasteiger partial charge in [0.25, 0.3) is 0 Å². The zero-order valence-electron chi connectivity index (χ0n) is 24.4. The van der Waals surface area contributed by atoms with E-state index in [2.05, 4.69) is 29.0 Å². The Morgan fingerprint density at radius 2 is 1.35 bits per heavy atom. The molecule has 0 saturated heterocycles. The maximum absolute atomic E-state index is 13.3. The van der Waals surface area contributed by atoms with Gasteiger partial charge in [-0.2, -0.15) is 0 Å². The first kappa shape index (κ1) is 31.3. The predicted octanol–water partition coefficient (Wildman–Crippen LogP) is 8.94. The van der Waals surface area contributed by atoms with Crippen LogP contribution in [0.25, 0.3) is 22.5 Å². The number of esters is 1. The van der Waals surface area contributed by atoms with Crippen LogP contribution < -0.4 is 4.74 Å². The van der Waals surface area contributed by atoms with Crippen LogP contribution in [0.4, 0.5) is 4.39 Å². The van der Waals surface area contributed by atoms with Crippen LogP contribution in [0.2, 0.25) is 0 Å². The second-order valence-electron chi connectivity index (χ2n) is 10.6. The van der Waals surface area contributed by atoms with Crippen LogP contribution in [0.5, 0.6) is 5.75 Å². The van der Waals surface area contributed by atoms with Gasteiger partial charge in [0.2, 0.25) is 0 Å². The third-order valence-corrected chi connectivity index (χ3v) is 7.00. The maximum Gasteiger partial charge on any atom is 0.309 e. The Bertz CT molecular complexity index is 1120. The molecule has 6 heteroatoms. The summed E-state index contributed by atoms with van der Waals surface area (Å²) in [6.45, 7) is 5.91. The molecule has 0 fully saturated rings. The van der Waals surface area contributed by atoms with Crippen LogP contribution in [0, 0.1) is 0 Å². The number of benzene rings is 2. The Morgan fingerprint density at radius 1 is 0.800 bits per heavy atom. The lowest BCUT2D eigenvalue weighted by Gasteiger charge is -2.15. The zero-order chi connectivity index (χ0) is 28.6. The molecule has 0 aliphatic heterocycles. The van der Waals surface area contributed by atoms with E-state index in [4.69, 9.17) is 9.47 Å². The number of unbranched alkanes of at least 4 members (excludes halogenated alkanes) is 7. The van der Waals surface area contributed by atoms with Crippen molar-refractivity contribution in [3.63, 3.8) is 0 Å². The first-order valence-electron chi connectivity index (χ1n) is 15.0. The summed E-state index contributed by atoms with van der Waals surface area (Å²) < 4.78 is 24.3. The molecule has 40 heavy (non-hydrogen) atoms. The third-order valence-electron chi connectivity index (χ3n) is 7.00. The normalized spacial score (nSPS) is 12.6. The maximum atomic E-state index is 13.3. The van der Waals surface area contributed by atoms with Crippen molar-refractivity contribution < 1.29 is 18.7 Å². The molecule has 0 aliphatic rings. The molecule has 0 unspecified atom stereocenters. The average Bonchev–Trinajstić information content (AvgIpc) is 2.98. The molecule has 0 bridgehead atoms. The second kappa shape index (κ2) is 17.4. The first-order chi connectivity index (χ1) is 19.5. The second-order valence-corrected chi connectivity index (χ2v) is 10.6. The fourth-order valence-corrected chi connectivity index (χ4v) is 4.50. The topological polar surface area (TPSA) is 61.3 Å². The summed E-state index contributed by atoms with van der Waals surface area (Å²) in [6.07, 6.45) is 14.0. The average molecular weight is 549 g/mol. The van der Waals surface area contributed by atoms with Crippen molar-refractivity contribution in [2.45, 2.75) is 104 Å². The fourth-order valence-electron chi connectivity index (χ4n) is 4.50. The van der Waals surface area contributed by atoms with Gasteiger partial charge in [0.1, 0.15) is 24.6 Å². The highest BCUT2D eigenvalue weighted by Crippen LogP contribution is 2.25. The van der Waals surface area contributed by atoms with Crippen LogP contribution in [-0.2, 0) is 16.0 Å². The summed E-state index contributed by atoms with van der Waals surface area (Å²) in [7, 11) is 0. The molecule has 3 aromatic rings. The third kappa shape index (κ3) is 11.1. The van der Waals surface area contributed by atoms with E-state index in [1.165, 1.54) is 56.9 Å². The van der Waals surface area contributed by atoms with Gasteiger partial charge in [-0.05, 0) is 55.0 Å². The molecule has 3 rings (SSSR count). The molecule has 0 saturated carbocycles. The highest BCUT2D eigenvalue weighted by Gasteiger charge is 2.15. The molecular formula is C34H45FN2O3. The number of aryl methyl sites for hydroxylation is 1. The predicted molar refractivity (Wildman–Crippen MR) is 160 cm³/mol. The van der Waals surface area contributed by atoms with Crippen molar-refractivity contribution in [2.75, 3.05) is 6.61 Å². The number of carbonyl (C=O) groups is 1. The summed E-state index contributed by atoms with van der Waals surface area (Å²) in [5, 5.41) is 0. The summed E-state index contributed by atoms with van der Waals surface area (Å²) in [5.41, 5.74) is 4.34. The van der Waals surface area contributed by atoms with Crippen molar-refractivity contribution in [2.24, 2.45) is 0 Å². The molecule has 1 heterocycles. The van der Waals surface area contributed by atoms with Crippen LogP contribution in [0.15, 0.2) is 60.9 Å². The minimum absolute atomic E-state index is 0.209. The highest BCUT2D eigenvalue weighted by atomic mass is 19.1. The van der Waals surface area contributed by atoms with Gasteiger partial charge in [0, 0.05) is 18.0 Å². The first-order valence-corrected chi connectivity index (χ1v) is 15.0. The van der Waals surface area contributed by atoms with Gasteiger partial charge in [-0.25, -0.2) is 14.4 Å². The van der Waals surface area contributed by atoms with E-state index >= 15 is 0 Å². The number of rotatable bonds is 18. The molecule has 216 valence electrons. The molecule has 0 aliphatic carbocycles. The smallest absolute Gasteiger partial charge is 0.309 e. The fraction of sp³-hybridized carbons (Fsp3) is 0.500. The van der Waals surface area contributed by atoms with Crippen molar-refractivity contribution in [1.29, 1.82) is 0 Å². The largest absolute Gasteiger partial charge is 0.490 e. The van der Waals surface area contributed by atoms with Crippen LogP contribution in [0.3, 0.4) is 0 Å². The Labute approximate surface area is 239 Å². The van der Waals surface area contributed by atoms with Crippen molar-refractivity contribution in [3.05, 3.63) is 66.5 Å². The van der Waals surface area contributed by atoms with Gasteiger partial charge >= 0.3 is 5.97 Å². The SMILES string of the molecule is CCCCCCCCCCc1cnc(-c2ccc(-c3ccc(OC[C@H](C)OC(=O)C[C@@H](F)CC)cc3)cc2)nc1. The number of hydrogen-bond acceptors (Lipinski definition) is 5. The van der Waals surface area contributed by atoms with Gasteiger partial charge in [0.15, 0.2) is 5.82 Å². The molecule has 1 aromatic heterocycles. The van der Waals surface area contributed by atoms with Crippen LogP contribution in [-0.4, -0.2) is 34.8 Å². The lowest BCUT2D eigenvalue weighted by molar-refractivity contribution is -0.150. The highest BCUT2D eigenvalue weighted by molar-refractivity contribution is 5.70. The van der Waals surface area contributed by atoms with E-state index in [-0.39, 0.29) is 13.0 Å². The standard InChI is InChI=1S/C34H45FN2O3/c1-4-6-7-8-9-10-11-12-13-27-23-36-34(37-24-27)30-16-14-28(15-17-30)29-18-20-32(21-19-29)39-25-26(3)40-33(38)22-31(35)5-2/h14-21,23-24,26,31H,4-13,22,25H2,1-3H3/t26-,31-/m0/s1. The Balaban J connectivity index is 1.42. The number of aromatic nitrogens is 2. The van der Waals surface area contributed by atoms with E-state index < -0.39 is 18.2 Å². The Hall–Kier alpha value is -3.28. The molecule has 2 aromatic carbocycles. The summed E-state index contributed by atoms with van der Waals surface area (Å²) >= 11 is 0. The summed E-state index contributed by atoms with van der Waals surface area (Å²) in [4.78, 5) is 20.9. The molecular weight excluding hydrogens is 503 g/mol. The van der Waals surface area contributed by atoms with Gasteiger partial charge in [-0.1, -0.05) is 95.2 Å². The number of nitrogens with zero attached hydrogens (tertiary/aromatic N) is 2. The number of halogens is 1. The van der Waals surface area contributed by atoms with E-state index in [9.17, 15) is 9.18 Å². The van der Waals surface area contributed by atoms with Gasteiger partial charge in [0.05, 0.1) is 6.42 Å². The van der Waals surface area contributed by atoms with E-state index in [1.54, 1.807) is 13.8 Å².